The maximum atomic E-state index is 13.3. The molecular formula is C22H22N4O4. The van der Waals surface area contributed by atoms with Crippen molar-refractivity contribution in [3.8, 4) is 11.8 Å². The van der Waals surface area contributed by atoms with Crippen LogP contribution in [-0.2, 0) is 15.1 Å². The summed E-state index contributed by atoms with van der Waals surface area (Å²) in [5, 5.41) is 14.3. The van der Waals surface area contributed by atoms with E-state index in [2.05, 4.69) is 10.6 Å². The third-order valence-electron chi connectivity index (χ3n) is 5.28. The molecule has 1 saturated heterocycles. The Morgan fingerprint density at radius 1 is 1.20 bits per heavy atom. The third kappa shape index (κ3) is 3.57. The maximum Gasteiger partial charge on any atom is 0.326 e. The highest BCUT2D eigenvalue weighted by Crippen LogP contribution is 2.34. The SMILES string of the molecule is CC[C@]1(c2ccc(OC)cc2)NC(=O)N([C@@H](C)C(=O)Nc2ccc(C#N)cc2)C1=O. The number of carbonyl (C=O) groups excluding carboxylic acids is 3. The Labute approximate surface area is 174 Å². The van der Waals surface area contributed by atoms with Gasteiger partial charge in [-0.25, -0.2) is 9.69 Å². The van der Waals surface area contributed by atoms with Crippen molar-refractivity contribution in [1.29, 1.82) is 5.26 Å². The molecule has 8 heteroatoms. The summed E-state index contributed by atoms with van der Waals surface area (Å²) in [7, 11) is 1.54. The van der Waals surface area contributed by atoms with E-state index in [1.54, 1.807) is 62.6 Å². The second-order valence-electron chi connectivity index (χ2n) is 6.95. The summed E-state index contributed by atoms with van der Waals surface area (Å²) in [4.78, 5) is 39.6. The van der Waals surface area contributed by atoms with Gasteiger partial charge < -0.3 is 15.4 Å². The molecule has 0 radical (unpaired) electrons. The van der Waals surface area contributed by atoms with Crippen molar-refractivity contribution < 1.29 is 19.1 Å². The number of hydrogen-bond acceptors (Lipinski definition) is 5. The smallest absolute Gasteiger partial charge is 0.326 e. The fourth-order valence-electron chi connectivity index (χ4n) is 3.45. The summed E-state index contributed by atoms with van der Waals surface area (Å²) in [6.45, 7) is 3.30. The first-order valence-corrected chi connectivity index (χ1v) is 9.47. The van der Waals surface area contributed by atoms with Crippen LogP contribution >= 0.6 is 0 Å². The first-order valence-electron chi connectivity index (χ1n) is 9.47. The van der Waals surface area contributed by atoms with Crippen molar-refractivity contribution in [1.82, 2.24) is 10.2 Å². The van der Waals surface area contributed by atoms with E-state index < -0.39 is 29.4 Å². The van der Waals surface area contributed by atoms with Crippen LogP contribution in [0.2, 0.25) is 0 Å². The molecule has 2 N–H and O–H groups in total. The lowest BCUT2D eigenvalue weighted by Gasteiger charge is -2.27. The molecule has 1 aliphatic heterocycles. The lowest BCUT2D eigenvalue weighted by Crippen LogP contribution is -2.47. The van der Waals surface area contributed by atoms with Crippen LogP contribution in [0.5, 0.6) is 5.75 Å². The van der Waals surface area contributed by atoms with E-state index in [0.717, 1.165) is 4.90 Å². The summed E-state index contributed by atoms with van der Waals surface area (Å²) in [6.07, 6.45) is 0.324. The maximum absolute atomic E-state index is 13.3. The Kier molecular flexibility index (Phi) is 5.74. The standard InChI is InChI=1S/C22H22N4O4/c1-4-22(16-7-11-18(30-3)12-8-16)20(28)26(21(29)25-22)14(2)19(27)24-17-9-5-15(13-23)6-10-17/h5-12,14H,4H2,1-3H3,(H,24,27)(H,25,29)/t14-,22+/m0/s1. The second kappa shape index (κ2) is 8.25. The van der Waals surface area contributed by atoms with Gasteiger partial charge in [0.25, 0.3) is 5.91 Å². The zero-order valence-corrected chi connectivity index (χ0v) is 16.9. The van der Waals surface area contributed by atoms with Crippen molar-refractivity contribution >= 4 is 23.5 Å². The van der Waals surface area contributed by atoms with Crippen LogP contribution in [0, 0.1) is 11.3 Å². The Morgan fingerprint density at radius 3 is 2.37 bits per heavy atom. The fourth-order valence-corrected chi connectivity index (χ4v) is 3.45. The molecular weight excluding hydrogens is 384 g/mol. The van der Waals surface area contributed by atoms with Crippen LogP contribution in [0.3, 0.4) is 0 Å². The molecule has 0 aromatic heterocycles. The Hall–Kier alpha value is -3.86. The molecule has 1 fully saturated rings. The summed E-state index contributed by atoms with van der Waals surface area (Å²) in [6, 6.07) is 13.5. The zero-order chi connectivity index (χ0) is 21.9. The minimum Gasteiger partial charge on any atom is -0.497 e. The van der Waals surface area contributed by atoms with E-state index in [1.165, 1.54) is 6.92 Å². The number of benzene rings is 2. The molecule has 1 heterocycles. The fraction of sp³-hybridized carbons (Fsp3) is 0.273. The molecule has 0 aliphatic carbocycles. The average molecular weight is 406 g/mol. The van der Waals surface area contributed by atoms with Gasteiger partial charge in [0, 0.05) is 5.69 Å². The lowest BCUT2D eigenvalue weighted by atomic mass is 9.87. The Bertz CT molecular complexity index is 1010. The molecule has 4 amide bonds. The molecule has 0 bridgehead atoms. The molecule has 1 aliphatic rings. The molecule has 30 heavy (non-hydrogen) atoms. The van der Waals surface area contributed by atoms with E-state index in [-0.39, 0.29) is 0 Å². The van der Waals surface area contributed by atoms with E-state index >= 15 is 0 Å². The molecule has 3 rings (SSSR count). The van der Waals surface area contributed by atoms with Gasteiger partial charge in [-0.2, -0.15) is 5.26 Å². The van der Waals surface area contributed by atoms with Crippen molar-refractivity contribution in [2.45, 2.75) is 31.8 Å². The number of rotatable bonds is 6. The number of nitriles is 1. The topological polar surface area (TPSA) is 112 Å². The van der Waals surface area contributed by atoms with Crippen LogP contribution in [0.4, 0.5) is 10.5 Å². The largest absolute Gasteiger partial charge is 0.497 e. The molecule has 8 nitrogen and oxygen atoms in total. The number of methoxy groups -OCH3 is 1. The second-order valence-corrected chi connectivity index (χ2v) is 6.95. The van der Waals surface area contributed by atoms with Gasteiger partial charge >= 0.3 is 6.03 Å². The summed E-state index contributed by atoms with van der Waals surface area (Å²) < 4.78 is 5.15. The number of hydrogen-bond donors (Lipinski definition) is 2. The van der Waals surface area contributed by atoms with Gasteiger partial charge in [-0.3, -0.25) is 9.59 Å². The van der Waals surface area contributed by atoms with Gasteiger partial charge in [-0.05, 0) is 55.3 Å². The number of urea groups is 1. The highest BCUT2D eigenvalue weighted by atomic mass is 16.5. The predicted molar refractivity (Wildman–Crippen MR) is 110 cm³/mol. The minimum absolute atomic E-state index is 0.324. The molecule has 2 aromatic carbocycles. The number of anilines is 1. The van der Waals surface area contributed by atoms with Gasteiger partial charge in [0.1, 0.15) is 17.3 Å². The van der Waals surface area contributed by atoms with Crippen LogP contribution < -0.4 is 15.4 Å². The van der Waals surface area contributed by atoms with Gasteiger partial charge in [-0.1, -0.05) is 19.1 Å². The van der Waals surface area contributed by atoms with E-state index in [0.29, 0.717) is 29.0 Å². The predicted octanol–water partition coefficient (Wildman–Crippen LogP) is 2.75. The van der Waals surface area contributed by atoms with Crippen molar-refractivity contribution in [2.24, 2.45) is 0 Å². The van der Waals surface area contributed by atoms with Crippen LogP contribution in [0.1, 0.15) is 31.4 Å². The van der Waals surface area contributed by atoms with E-state index in [9.17, 15) is 14.4 Å². The first kappa shape index (κ1) is 20.9. The van der Waals surface area contributed by atoms with Crippen LogP contribution in [0.25, 0.3) is 0 Å². The van der Waals surface area contributed by atoms with Crippen LogP contribution in [-0.4, -0.2) is 35.9 Å². The summed E-state index contributed by atoms with van der Waals surface area (Å²) >= 11 is 0. The third-order valence-corrected chi connectivity index (χ3v) is 5.28. The average Bonchev–Trinajstić information content (AvgIpc) is 3.04. The Morgan fingerprint density at radius 2 is 1.83 bits per heavy atom. The molecule has 2 aromatic rings. The minimum atomic E-state index is -1.24. The highest BCUT2D eigenvalue weighted by molar-refractivity contribution is 6.11. The monoisotopic (exact) mass is 406 g/mol. The van der Waals surface area contributed by atoms with Crippen molar-refractivity contribution in [3.05, 3.63) is 59.7 Å². The zero-order valence-electron chi connectivity index (χ0n) is 16.9. The number of ether oxygens (including phenoxy) is 1. The molecule has 0 saturated carbocycles. The molecule has 2 atom stereocenters. The number of nitrogens with one attached hydrogen (secondary N) is 2. The number of amides is 4. The normalized spacial score (nSPS) is 19.1. The number of carbonyl (C=O) groups is 3. The quantitative estimate of drug-likeness (QED) is 0.717. The Balaban J connectivity index is 1.82. The van der Waals surface area contributed by atoms with E-state index in [4.69, 9.17) is 10.00 Å². The van der Waals surface area contributed by atoms with Gasteiger partial charge in [-0.15, -0.1) is 0 Å². The van der Waals surface area contributed by atoms with E-state index in [1.807, 2.05) is 6.07 Å². The summed E-state index contributed by atoms with van der Waals surface area (Å²) in [5.74, 6) is -0.360. The highest BCUT2D eigenvalue weighted by Gasteiger charge is 2.53. The lowest BCUT2D eigenvalue weighted by molar-refractivity contribution is -0.136. The summed E-state index contributed by atoms with van der Waals surface area (Å²) in [5.41, 5.74) is 0.301. The van der Waals surface area contributed by atoms with Gasteiger partial charge in [0.05, 0.1) is 18.7 Å². The first-order chi connectivity index (χ1) is 14.4. The van der Waals surface area contributed by atoms with Gasteiger partial charge in [0.2, 0.25) is 5.91 Å². The molecule has 0 spiro atoms. The number of nitrogens with zero attached hydrogens (tertiary/aromatic N) is 2. The van der Waals surface area contributed by atoms with Crippen molar-refractivity contribution in [3.63, 3.8) is 0 Å². The molecule has 0 unspecified atom stereocenters. The number of imide groups is 1. The van der Waals surface area contributed by atoms with Gasteiger partial charge in [0.15, 0.2) is 0 Å². The van der Waals surface area contributed by atoms with Crippen molar-refractivity contribution in [2.75, 3.05) is 12.4 Å². The molecule has 154 valence electrons. The van der Waals surface area contributed by atoms with Crippen LogP contribution in [0.15, 0.2) is 48.5 Å².